The second kappa shape index (κ2) is 12.6. The van der Waals surface area contributed by atoms with E-state index in [1.165, 1.54) is 24.9 Å². The number of nitrogens with zero attached hydrogens (tertiary/aromatic N) is 3. The Balaban J connectivity index is 1.68. The maximum Gasteiger partial charge on any atom is 0.193 e. The molecule has 0 saturated carbocycles. The van der Waals surface area contributed by atoms with E-state index >= 15 is 0 Å². The molecule has 0 radical (unpaired) electrons. The van der Waals surface area contributed by atoms with Crippen LogP contribution in [0, 0.1) is 5.92 Å². The fourth-order valence-electron chi connectivity index (χ4n) is 3.44. The second-order valence-corrected chi connectivity index (χ2v) is 7.47. The van der Waals surface area contributed by atoms with Gasteiger partial charge in [-0.15, -0.1) is 0 Å². The summed E-state index contributed by atoms with van der Waals surface area (Å²) in [6.07, 6.45) is 5.90. The maximum atomic E-state index is 5.46. The molecular formula is C22H38N4O. The molecule has 152 valence electrons. The van der Waals surface area contributed by atoms with Crippen molar-refractivity contribution in [3.05, 3.63) is 30.3 Å². The van der Waals surface area contributed by atoms with E-state index in [1.54, 1.807) is 0 Å². The van der Waals surface area contributed by atoms with Gasteiger partial charge in [-0.25, -0.2) is 0 Å². The van der Waals surface area contributed by atoms with Crippen LogP contribution in [0.4, 0.5) is 5.69 Å². The maximum absolute atomic E-state index is 5.46. The molecule has 0 aliphatic carbocycles. The molecule has 0 bridgehead atoms. The van der Waals surface area contributed by atoms with Crippen molar-refractivity contribution in [2.75, 3.05) is 58.4 Å². The standard InChI is InChI=1S/C22H38N4O/c1-4-23-22(26(3)17-12-20-13-18-27-19-14-20)24-15-8-9-16-25(2)21-10-6-5-7-11-21/h5-7,10-11,20H,4,8-9,12-19H2,1-3H3,(H,23,24). The summed E-state index contributed by atoms with van der Waals surface area (Å²) in [5.41, 5.74) is 1.28. The first-order valence-electron chi connectivity index (χ1n) is 10.5. The van der Waals surface area contributed by atoms with Gasteiger partial charge in [0.05, 0.1) is 0 Å². The van der Waals surface area contributed by atoms with Gasteiger partial charge in [0.25, 0.3) is 0 Å². The monoisotopic (exact) mass is 374 g/mol. The molecule has 1 heterocycles. The fourth-order valence-corrected chi connectivity index (χ4v) is 3.44. The highest BCUT2D eigenvalue weighted by molar-refractivity contribution is 5.79. The van der Waals surface area contributed by atoms with Gasteiger partial charge < -0.3 is 19.9 Å². The van der Waals surface area contributed by atoms with Gasteiger partial charge in [0, 0.05) is 59.2 Å². The first-order chi connectivity index (χ1) is 13.2. The summed E-state index contributed by atoms with van der Waals surface area (Å²) in [4.78, 5) is 9.44. The van der Waals surface area contributed by atoms with Crippen molar-refractivity contribution in [3.63, 3.8) is 0 Å². The van der Waals surface area contributed by atoms with Gasteiger partial charge in [0.2, 0.25) is 0 Å². The minimum atomic E-state index is 0.803. The highest BCUT2D eigenvalue weighted by atomic mass is 16.5. The summed E-state index contributed by atoms with van der Waals surface area (Å²) in [6, 6.07) is 10.6. The first-order valence-corrected chi connectivity index (χ1v) is 10.5. The summed E-state index contributed by atoms with van der Waals surface area (Å²) >= 11 is 0. The zero-order valence-corrected chi connectivity index (χ0v) is 17.5. The van der Waals surface area contributed by atoms with Crippen LogP contribution in [0.1, 0.15) is 39.0 Å². The Morgan fingerprint density at radius 3 is 2.56 bits per heavy atom. The number of ether oxygens (including phenoxy) is 1. The van der Waals surface area contributed by atoms with Gasteiger partial charge >= 0.3 is 0 Å². The Bertz CT molecular complexity index is 528. The predicted molar refractivity (Wildman–Crippen MR) is 116 cm³/mol. The molecule has 0 amide bonds. The number of hydrogen-bond acceptors (Lipinski definition) is 3. The van der Waals surface area contributed by atoms with Gasteiger partial charge in [-0.1, -0.05) is 18.2 Å². The molecule has 1 aromatic carbocycles. The highest BCUT2D eigenvalue weighted by Gasteiger charge is 2.15. The number of para-hydroxylation sites is 1. The van der Waals surface area contributed by atoms with E-state index in [0.717, 1.165) is 64.1 Å². The molecule has 1 aromatic rings. The third-order valence-corrected chi connectivity index (χ3v) is 5.27. The number of rotatable bonds is 10. The molecule has 5 heteroatoms. The van der Waals surface area contributed by atoms with Gasteiger partial charge in [0.15, 0.2) is 5.96 Å². The smallest absolute Gasteiger partial charge is 0.193 e. The van der Waals surface area contributed by atoms with E-state index in [1.807, 2.05) is 0 Å². The predicted octanol–water partition coefficient (Wildman–Crippen LogP) is 3.62. The van der Waals surface area contributed by atoms with Crippen molar-refractivity contribution in [3.8, 4) is 0 Å². The molecule has 2 rings (SSSR count). The van der Waals surface area contributed by atoms with Gasteiger partial charge in [0.1, 0.15) is 0 Å². The zero-order valence-electron chi connectivity index (χ0n) is 17.5. The average Bonchev–Trinajstić information content (AvgIpc) is 2.72. The lowest BCUT2D eigenvalue weighted by atomic mass is 9.96. The normalized spacial score (nSPS) is 15.6. The van der Waals surface area contributed by atoms with Crippen LogP contribution in [0.15, 0.2) is 35.3 Å². The molecule has 0 aromatic heterocycles. The lowest BCUT2D eigenvalue weighted by molar-refractivity contribution is 0.0625. The largest absolute Gasteiger partial charge is 0.381 e. The van der Waals surface area contributed by atoms with E-state index in [4.69, 9.17) is 9.73 Å². The molecular weight excluding hydrogens is 336 g/mol. The van der Waals surface area contributed by atoms with Crippen molar-refractivity contribution in [2.45, 2.75) is 39.0 Å². The van der Waals surface area contributed by atoms with Crippen molar-refractivity contribution in [1.29, 1.82) is 0 Å². The molecule has 1 aliphatic heterocycles. The van der Waals surface area contributed by atoms with Crippen LogP contribution in [0.25, 0.3) is 0 Å². The first kappa shape index (κ1) is 21.5. The van der Waals surface area contributed by atoms with Crippen molar-refractivity contribution >= 4 is 11.6 Å². The molecule has 1 aliphatic rings. The summed E-state index contributed by atoms with van der Waals surface area (Å²) in [7, 11) is 4.32. The molecule has 5 nitrogen and oxygen atoms in total. The lowest BCUT2D eigenvalue weighted by Gasteiger charge is -2.27. The van der Waals surface area contributed by atoms with Crippen LogP contribution in [-0.2, 0) is 4.74 Å². The number of anilines is 1. The van der Waals surface area contributed by atoms with Crippen LogP contribution >= 0.6 is 0 Å². The summed E-state index contributed by atoms with van der Waals surface area (Å²) in [5, 5.41) is 3.44. The number of aliphatic imine (C=N–C) groups is 1. The second-order valence-electron chi connectivity index (χ2n) is 7.47. The Morgan fingerprint density at radius 2 is 1.85 bits per heavy atom. The number of nitrogens with one attached hydrogen (secondary N) is 1. The highest BCUT2D eigenvalue weighted by Crippen LogP contribution is 2.18. The summed E-state index contributed by atoms with van der Waals surface area (Å²) in [6.45, 7) is 7.92. The number of benzene rings is 1. The Hall–Kier alpha value is -1.75. The molecule has 27 heavy (non-hydrogen) atoms. The topological polar surface area (TPSA) is 40.1 Å². The minimum Gasteiger partial charge on any atom is -0.381 e. The number of hydrogen-bond donors (Lipinski definition) is 1. The quantitative estimate of drug-likeness (QED) is 0.386. The Morgan fingerprint density at radius 1 is 1.11 bits per heavy atom. The van der Waals surface area contributed by atoms with E-state index in [9.17, 15) is 0 Å². The minimum absolute atomic E-state index is 0.803. The van der Waals surface area contributed by atoms with Crippen molar-refractivity contribution in [2.24, 2.45) is 10.9 Å². The lowest BCUT2D eigenvalue weighted by Crippen LogP contribution is -2.40. The SMILES string of the molecule is CCNC(=NCCCCN(C)c1ccccc1)N(C)CCC1CCOCC1. The molecule has 1 fully saturated rings. The van der Waals surface area contributed by atoms with Gasteiger partial charge in [-0.3, -0.25) is 4.99 Å². The fraction of sp³-hybridized carbons (Fsp3) is 0.682. The van der Waals surface area contributed by atoms with Gasteiger partial charge in [-0.05, 0) is 57.1 Å². The Labute approximate surface area is 165 Å². The van der Waals surface area contributed by atoms with E-state index in [0.29, 0.717) is 0 Å². The molecule has 0 unspecified atom stereocenters. The molecule has 0 spiro atoms. The van der Waals surface area contributed by atoms with Gasteiger partial charge in [-0.2, -0.15) is 0 Å². The van der Waals surface area contributed by atoms with Crippen LogP contribution in [0.3, 0.4) is 0 Å². The average molecular weight is 375 g/mol. The zero-order chi connectivity index (χ0) is 19.3. The molecule has 1 N–H and O–H groups in total. The van der Waals surface area contributed by atoms with Crippen LogP contribution in [-0.4, -0.2) is 64.3 Å². The van der Waals surface area contributed by atoms with E-state index < -0.39 is 0 Å². The third kappa shape index (κ3) is 8.21. The van der Waals surface area contributed by atoms with Crippen LogP contribution < -0.4 is 10.2 Å². The van der Waals surface area contributed by atoms with E-state index in [-0.39, 0.29) is 0 Å². The van der Waals surface area contributed by atoms with E-state index in [2.05, 4.69) is 66.5 Å². The molecule has 0 atom stereocenters. The van der Waals surface area contributed by atoms with Crippen LogP contribution in [0.2, 0.25) is 0 Å². The summed E-state index contributed by atoms with van der Waals surface area (Å²) in [5.74, 6) is 1.85. The Kier molecular flexibility index (Phi) is 10.1. The number of guanidine groups is 1. The summed E-state index contributed by atoms with van der Waals surface area (Å²) < 4.78 is 5.46. The van der Waals surface area contributed by atoms with Crippen molar-refractivity contribution in [1.82, 2.24) is 10.2 Å². The third-order valence-electron chi connectivity index (χ3n) is 5.27. The van der Waals surface area contributed by atoms with Crippen LogP contribution in [0.5, 0.6) is 0 Å². The van der Waals surface area contributed by atoms with Crippen molar-refractivity contribution < 1.29 is 4.74 Å². The number of unbranched alkanes of at least 4 members (excludes halogenated alkanes) is 1. The molecule has 1 saturated heterocycles.